The zero-order chi connectivity index (χ0) is 17.8. The third-order valence-corrected chi connectivity index (χ3v) is 4.64. The van der Waals surface area contributed by atoms with E-state index in [4.69, 9.17) is 0 Å². The Labute approximate surface area is 148 Å². The SMILES string of the molecule is Cc1cc(C)cc(C(=O)NCC(=O)N2CCCC2c2ccccc2)c1. The smallest absolute Gasteiger partial charge is 0.251 e. The molecule has 130 valence electrons. The van der Waals surface area contributed by atoms with Crippen LogP contribution >= 0.6 is 0 Å². The first-order valence-corrected chi connectivity index (χ1v) is 8.75. The van der Waals surface area contributed by atoms with E-state index in [1.807, 2.05) is 55.1 Å². The van der Waals surface area contributed by atoms with Gasteiger partial charge in [0.05, 0.1) is 12.6 Å². The average Bonchev–Trinajstić information content (AvgIpc) is 3.09. The van der Waals surface area contributed by atoms with E-state index in [1.54, 1.807) is 0 Å². The van der Waals surface area contributed by atoms with E-state index < -0.39 is 0 Å². The highest BCUT2D eigenvalue weighted by atomic mass is 16.2. The number of aryl methyl sites for hydroxylation is 2. The molecule has 1 saturated heterocycles. The van der Waals surface area contributed by atoms with E-state index in [2.05, 4.69) is 17.4 Å². The number of hydrogen-bond donors (Lipinski definition) is 1. The second-order valence-corrected chi connectivity index (χ2v) is 6.71. The molecule has 4 nitrogen and oxygen atoms in total. The minimum atomic E-state index is -0.199. The minimum absolute atomic E-state index is 0.0240. The number of amides is 2. The van der Waals surface area contributed by atoms with E-state index >= 15 is 0 Å². The predicted molar refractivity (Wildman–Crippen MR) is 98.4 cm³/mol. The monoisotopic (exact) mass is 336 g/mol. The molecule has 0 spiro atoms. The Morgan fingerprint density at radius 2 is 1.76 bits per heavy atom. The molecule has 1 atom stereocenters. The molecule has 25 heavy (non-hydrogen) atoms. The van der Waals surface area contributed by atoms with E-state index in [-0.39, 0.29) is 24.4 Å². The number of likely N-dealkylation sites (tertiary alicyclic amines) is 1. The highest BCUT2D eigenvalue weighted by molar-refractivity contribution is 5.96. The lowest BCUT2D eigenvalue weighted by molar-refractivity contribution is -0.131. The van der Waals surface area contributed by atoms with Crippen LogP contribution in [0.5, 0.6) is 0 Å². The summed E-state index contributed by atoms with van der Waals surface area (Å²) in [5.74, 6) is -0.223. The predicted octanol–water partition coefficient (Wildman–Crippen LogP) is 3.40. The molecule has 4 heteroatoms. The molecule has 1 N–H and O–H groups in total. The fraction of sp³-hybridized carbons (Fsp3) is 0.333. The molecule has 1 aliphatic rings. The van der Waals surface area contributed by atoms with Crippen LogP contribution in [-0.2, 0) is 4.79 Å². The Morgan fingerprint density at radius 1 is 1.08 bits per heavy atom. The summed E-state index contributed by atoms with van der Waals surface area (Å²) in [6.45, 7) is 4.71. The fourth-order valence-corrected chi connectivity index (χ4v) is 3.55. The summed E-state index contributed by atoms with van der Waals surface area (Å²) in [4.78, 5) is 26.8. The first-order valence-electron chi connectivity index (χ1n) is 8.75. The van der Waals surface area contributed by atoms with Gasteiger partial charge in [-0.15, -0.1) is 0 Å². The number of benzene rings is 2. The summed E-state index contributed by atoms with van der Waals surface area (Å²) in [6, 6.07) is 15.9. The molecule has 3 rings (SSSR count). The van der Waals surface area contributed by atoms with Crippen LogP contribution in [0.1, 0.15) is 45.9 Å². The third kappa shape index (κ3) is 4.08. The van der Waals surface area contributed by atoms with Gasteiger partial charge in [0, 0.05) is 12.1 Å². The molecule has 0 aromatic heterocycles. The second-order valence-electron chi connectivity index (χ2n) is 6.71. The Kier molecular flexibility index (Phi) is 5.17. The molecule has 2 aromatic rings. The third-order valence-electron chi connectivity index (χ3n) is 4.64. The molecule has 1 unspecified atom stereocenters. The van der Waals surface area contributed by atoms with Crippen molar-refractivity contribution in [1.82, 2.24) is 10.2 Å². The van der Waals surface area contributed by atoms with Crippen LogP contribution in [0.4, 0.5) is 0 Å². The van der Waals surface area contributed by atoms with Gasteiger partial charge in [-0.05, 0) is 44.4 Å². The molecule has 0 saturated carbocycles. The van der Waals surface area contributed by atoms with Crippen molar-refractivity contribution in [2.45, 2.75) is 32.7 Å². The Morgan fingerprint density at radius 3 is 2.44 bits per heavy atom. The number of carbonyl (C=O) groups excluding carboxylic acids is 2. The van der Waals surface area contributed by atoms with Gasteiger partial charge < -0.3 is 10.2 Å². The molecule has 1 heterocycles. The van der Waals surface area contributed by atoms with Gasteiger partial charge >= 0.3 is 0 Å². The summed E-state index contributed by atoms with van der Waals surface area (Å²) in [7, 11) is 0. The number of rotatable bonds is 4. The maximum Gasteiger partial charge on any atom is 0.251 e. The van der Waals surface area contributed by atoms with Gasteiger partial charge in [0.2, 0.25) is 5.91 Å². The van der Waals surface area contributed by atoms with E-state index in [0.29, 0.717) is 5.56 Å². The van der Waals surface area contributed by atoms with Crippen molar-refractivity contribution in [3.8, 4) is 0 Å². The molecule has 2 amide bonds. The van der Waals surface area contributed by atoms with Crippen molar-refractivity contribution in [2.75, 3.05) is 13.1 Å². The molecule has 0 aliphatic carbocycles. The molecule has 1 aliphatic heterocycles. The van der Waals surface area contributed by atoms with Gasteiger partial charge in [0.1, 0.15) is 0 Å². The summed E-state index contributed by atoms with van der Waals surface area (Å²) in [5.41, 5.74) is 3.85. The Bertz CT molecular complexity index is 750. The standard InChI is InChI=1S/C21H24N2O2/c1-15-11-16(2)13-18(12-15)21(25)22-14-20(24)23-10-6-9-19(23)17-7-4-3-5-8-17/h3-5,7-8,11-13,19H,6,9-10,14H2,1-2H3,(H,22,25). The molecule has 2 aromatic carbocycles. The summed E-state index contributed by atoms with van der Waals surface area (Å²) < 4.78 is 0. The maximum atomic E-state index is 12.6. The highest BCUT2D eigenvalue weighted by Crippen LogP contribution is 2.31. The van der Waals surface area contributed by atoms with Crippen LogP contribution in [-0.4, -0.2) is 29.8 Å². The topological polar surface area (TPSA) is 49.4 Å². The zero-order valence-electron chi connectivity index (χ0n) is 14.8. The molecular weight excluding hydrogens is 312 g/mol. The van der Waals surface area contributed by atoms with Crippen molar-refractivity contribution in [3.05, 3.63) is 70.8 Å². The van der Waals surface area contributed by atoms with Crippen molar-refractivity contribution in [1.29, 1.82) is 0 Å². The van der Waals surface area contributed by atoms with Crippen LogP contribution in [0.2, 0.25) is 0 Å². The first-order chi connectivity index (χ1) is 12.0. The zero-order valence-corrected chi connectivity index (χ0v) is 14.8. The van der Waals surface area contributed by atoms with Crippen LogP contribution in [0.3, 0.4) is 0 Å². The van der Waals surface area contributed by atoms with E-state index in [9.17, 15) is 9.59 Å². The van der Waals surface area contributed by atoms with Crippen LogP contribution < -0.4 is 5.32 Å². The van der Waals surface area contributed by atoms with Gasteiger partial charge in [-0.1, -0.05) is 47.5 Å². The van der Waals surface area contributed by atoms with E-state index in [1.165, 1.54) is 0 Å². The largest absolute Gasteiger partial charge is 0.343 e. The summed E-state index contributed by atoms with van der Waals surface area (Å²) in [5, 5.41) is 2.77. The van der Waals surface area contributed by atoms with Gasteiger partial charge in [0.15, 0.2) is 0 Å². The maximum absolute atomic E-state index is 12.6. The fourth-order valence-electron chi connectivity index (χ4n) is 3.55. The quantitative estimate of drug-likeness (QED) is 0.930. The van der Waals surface area contributed by atoms with Crippen LogP contribution in [0.25, 0.3) is 0 Å². The number of carbonyl (C=O) groups is 2. The van der Waals surface area contributed by atoms with Gasteiger partial charge in [-0.2, -0.15) is 0 Å². The van der Waals surface area contributed by atoms with Gasteiger partial charge in [-0.25, -0.2) is 0 Å². The second kappa shape index (κ2) is 7.51. The lowest BCUT2D eigenvalue weighted by atomic mass is 10.0. The average molecular weight is 336 g/mol. The molecule has 1 fully saturated rings. The number of nitrogens with one attached hydrogen (secondary N) is 1. The lowest BCUT2D eigenvalue weighted by Gasteiger charge is -2.25. The highest BCUT2D eigenvalue weighted by Gasteiger charge is 2.29. The Balaban J connectivity index is 1.63. The Hall–Kier alpha value is -2.62. The van der Waals surface area contributed by atoms with Gasteiger partial charge in [0.25, 0.3) is 5.91 Å². The van der Waals surface area contributed by atoms with Crippen LogP contribution in [0, 0.1) is 13.8 Å². The first kappa shape index (κ1) is 17.2. The normalized spacial score (nSPS) is 16.7. The van der Waals surface area contributed by atoms with Crippen molar-refractivity contribution in [3.63, 3.8) is 0 Å². The van der Waals surface area contributed by atoms with Crippen molar-refractivity contribution < 1.29 is 9.59 Å². The molecule has 0 bridgehead atoms. The van der Waals surface area contributed by atoms with Crippen LogP contribution in [0.15, 0.2) is 48.5 Å². The molecule has 0 radical (unpaired) electrons. The lowest BCUT2D eigenvalue weighted by Crippen LogP contribution is -2.39. The van der Waals surface area contributed by atoms with Gasteiger partial charge in [-0.3, -0.25) is 9.59 Å². The van der Waals surface area contributed by atoms with E-state index in [0.717, 1.165) is 36.1 Å². The summed E-state index contributed by atoms with van der Waals surface area (Å²) >= 11 is 0. The number of nitrogens with zero attached hydrogens (tertiary/aromatic N) is 1. The molecular formula is C21H24N2O2. The van der Waals surface area contributed by atoms with Crippen molar-refractivity contribution >= 4 is 11.8 Å². The summed E-state index contributed by atoms with van der Waals surface area (Å²) in [6.07, 6.45) is 1.97. The van der Waals surface area contributed by atoms with Crippen molar-refractivity contribution in [2.24, 2.45) is 0 Å². The minimum Gasteiger partial charge on any atom is -0.343 e. The number of hydrogen-bond acceptors (Lipinski definition) is 2.